The number of ketones is 1. The van der Waals surface area contributed by atoms with Crippen LogP contribution in [-0.4, -0.2) is 98.6 Å². The van der Waals surface area contributed by atoms with Gasteiger partial charge in [-0.15, -0.1) is 0 Å². The number of ether oxygens (including phenoxy) is 2. The van der Waals surface area contributed by atoms with E-state index in [-0.39, 0.29) is 61.2 Å². The van der Waals surface area contributed by atoms with Gasteiger partial charge in [0, 0.05) is 56.3 Å². The van der Waals surface area contributed by atoms with Crippen LogP contribution in [-0.2, 0) is 47.1 Å². The van der Waals surface area contributed by atoms with E-state index in [4.69, 9.17) is 25.2 Å². The van der Waals surface area contributed by atoms with Gasteiger partial charge in [-0.2, -0.15) is 10.2 Å². The van der Waals surface area contributed by atoms with Crippen LogP contribution in [0.1, 0.15) is 92.3 Å². The van der Waals surface area contributed by atoms with Crippen molar-refractivity contribution in [3.8, 4) is 17.6 Å². The van der Waals surface area contributed by atoms with Crippen LogP contribution in [0.4, 0.5) is 11.9 Å². The topological polar surface area (TPSA) is 245 Å². The first-order valence-electron chi connectivity index (χ1n) is 23.5. The highest BCUT2D eigenvalue weighted by molar-refractivity contribution is 6.32. The first-order chi connectivity index (χ1) is 34.7. The summed E-state index contributed by atoms with van der Waals surface area (Å²) in [6.07, 6.45) is 4.79. The van der Waals surface area contributed by atoms with Gasteiger partial charge in [0.2, 0.25) is 17.8 Å². The van der Waals surface area contributed by atoms with Crippen LogP contribution in [0.5, 0.6) is 5.75 Å². The van der Waals surface area contributed by atoms with Crippen molar-refractivity contribution in [3.05, 3.63) is 124 Å². The molecule has 0 spiro atoms. The second kappa shape index (κ2) is 21.8. The second-order valence-electron chi connectivity index (χ2n) is 17.1. The van der Waals surface area contributed by atoms with Gasteiger partial charge >= 0.3 is 11.9 Å². The summed E-state index contributed by atoms with van der Waals surface area (Å²) < 4.78 is 18.3. The number of esters is 1. The number of piperidine rings is 1. The Balaban J connectivity index is 1.05. The number of aryl methyl sites for hydroxylation is 4. The van der Waals surface area contributed by atoms with Gasteiger partial charge in [-0.3, -0.25) is 44.0 Å². The van der Waals surface area contributed by atoms with Gasteiger partial charge in [-0.1, -0.05) is 54.3 Å². The number of aromatic nitrogens is 8. The molecule has 370 valence electrons. The minimum atomic E-state index is -0.902. The predicted octanol–water partition coefficient (Wildman–Crippen LogP) is 5.86. The van der Waals surface area contributed by atoms with E-state index in [2.05, 4.69) is 32.7 Å². The van der Waals surface area contributed by atoms with Gasteiger partial charge in [0.15, 0.2) is 5.78 Å². The van der Waals surface area contributed by atoms with Gasteiger partial charge in [0.1, 0.15) is 35.9 Å². The summed E-state index contributed by atoms with van der Waals surface area (Å²) in [4.78, 5) is 88.8. The fourth-order valence-corrected chi connectivity index (χ4v) is 8.45. The van der Waals surface area contributed by atoms with Gasteiger partial charge in [0.25, 0.3) is 11.8 Å². The summed E-state index contributed by atoms with van der Waals surface area (Å²) in [5, 5.41) is 14.7. The Labute approximate surface area is 414 Å². The molecule has 3 aromatic carbocycles. The number of nitrogens with one attached hydrogen (secondary N) is 2. The molecular formula is C52H54N12O8. The number of likely N-dealkylation sites (tertiary alicyclic amines) is 1. The van der Waals surface area contributed by atoms with Crippen molar-refractivity contribution in [2.24, 2.45) is 11.7 Å². The zero-order valence-corrected chi connectivity index (χ0v) is 40.6. The summed E-state index contributed by atoms with van der Waals surface area (Å²) in [6.45, 7) is 10.7. The number of nitrogens with zero attached hydrogens (tertiary/aromatic N) is 9. The van der Waals surface area contributed by atoms with Crippen LogP contribution < -0.4 is 21.1 Å². The van der Waals surface area contributed by atoms with Crippen LogP contribution in [0.2, 0.25) is 0 Å². The maximum Gasteiger partial charge on any atom is 0.397 e. The molecule has 8 rings (SSSR count). The van der Waals surface area contributed by atoms with Gasteiger partial charge in [0.05, 0.1) is 27.9 Å². The molecule has 1 aliphatic heterocycles. The fraction of sp³-hybridized carbons (Fsp3) is 0.308. The highest BCUT2D eigenvalue weighted by atomic mass is 16.5. The summed E-state index contributed by atoms with van der Waals surface area (Å²) in [5.74, 6) is 3.54. The van der Waals surface area contributed by atoms with Gasteiger partial charge in [-0.25, -0.2) is 14.8 Å². The maximum absolute atomic E-state index is 13.9. The number of carbonyl (C=O) groups is 6. The van der Waals surface area contributed by atoms with Crippen molar-refractivity contribution in [2.75, 3.05) is 30.3 Å². The van der Waals surface area contributed by atoms with E-state index in [0.29, 0.717) is 89.4 Å². The van der Waals surface area contributed by atoms with Crippen LogP contribution >= 0.6 is 0 Å². The number of imidazole rings is 2. The normalized spacial score (nSPS) is 12.8. The van der Waals surface area contributed by atoms with Crippen molar-refractivity contribution in [1.82, 2.24) is 43.6 Å². The third-order valence-electron chi connectivity index (χ3n) is 12.1. The number of hydrogen-bond donors (Lipinski definition) is 3. The number of allylic oxidation sites excluding steroid dienone is 2. The van der Waals surface area contributed by atoms with Gasteiger partial charge in [-0.05, 0) is 95.5 Å². The Hall–Kier alpha value is -8.86. The molecule has 5 heterocycles. The number of anilines is 2. The molecule has 1 aliphatic rings. The molecule has 4 aromatic heterocycles. The van der Waals surface area contributed by atoms with E-state index in [0.717, 1.165) is 5.56 Å². The summed E-state index contributed by atoms with van der Waals surface area (Å²) in [6, 6.07) is 20.7. The van der Waals surface area contributed by atoms with Crippen molar-refractivity contribution >= 4 is 69.3 Å². The molecular weight excluding hydrogens is 921 g/mol. The van der Waals surface area contributed by atoms with Crippen molar-refractivity contribution in [1.29, 1.82) is 0 Å². The molecule has 4 amide bonds. The Kier molecular flexibility index (Phi) is 15.0. The third kappa shape index (κ3) is 11.1. The molecule has 0 radical (unpaired) electrons. The molecule has 0 bridgehead atoms. The SMILES string of the molecule is CCn1nc(C)cc1C(=O)Nc1nc2cc(C(C)=O)ccc2n1C/C=C/Cn1c(NC(=O)c2cc(C)nn2CC)nc2cc(C(N)=O)cc(OCC#CC3CCN(C(=O)C(=O)OCc4ccccc4)CC3)c21. The van der Waals surface area contributed by atoms with E-state index >= 15 is 0 Å². The molecule has 20 heteroatoms. The average molecular weight is 975 g/mol. The lowest BCUT2D eigenvalue weighted by Gasteiger charge is -2.28. The number of Topliss-reactive ketones (excluding diaryl/α,β-unsaturated/α-hetero) is 1. The largest absolute Gasteiger partial charge is 0.479 e. The number of hydrogen-bond acceptors (Lipinski definition) is 12. The van der Waals surface area contributed by atoms with E-state index in [1.807, 2.05) is 67.8 Å². The standard InChI is InChI=1S/C52H54N12O8/c1-6-63-42(26-32(3)58-63)47(67)56-51-54-39-28-37(34(5)65)17-18-41(39)61(51)21-11-12-22-62-45-40(55-52(62)57-48(68)43-27-33(4)59-64(43)7-2)29-38(46(53)66)30-44(45)71-25-13-16-35-19-23-60(24-20-35)49(69)50(70)72-31-36-14-9-8-10-15-36/h8-12,14-15,17-18,26-30,35H,6-7,19-25,31H2,1-5H3,(H2,53,66)(H,54,56,67)(H,55,57,68)/b12-11+. The summed E-state index contributed by atoms with van der Waals surface area (Å²) in [5.41, 5.74) is 11.1. The Morgan fingerprint density at radius 1 is 0.764 bits per heavy atom. The van der Waals surface area contributed by atoms with Crippen LogP contribution in [0.25, 0.3) is 22.1 Å². The molecule has 72 heavy (non-hydrogen) atoms. The monoisotopic (exact) mass is 974 g/mol. The number of fused-ring (bicyclic) bond motifs is 2. The second-order valence-corrected chi connectivity index (χ2v) is 17.1. The minimum absolute atomic E-state index is 0.00677. The molecule has 1 fully saturated rings. The number of primary amides is 1. The zero-order valence-electron chi connectivity index (χ0n) is 40.6. The van der Waals surface area contributed by atoms with Crippen molar-refractivity contribution in [2.45, 2.75) is 80.2 Å². The van der Waals surface area contributed by atoms with E-state index in [1.54, 1.807) is 51.2 Å². The molecule has 4 N–H and O–H groups in total. The van der Waals surface area contributed by atoms with E-state index in [1.165, 1.54) is 24.0 Å². The molecule has 7 aromatic rings. The van der Waals surface area contributed by atoms with Crippen molar-refractivity contribution < 1.29 is 38.2 Å². The van der Waals surface area contributed by atoms with E-state index < -0.39 is 29.6 Å². The highest BCUT2D eigenvalue weighted by Crippen LogP contribution is 2.32. The van der Waals surface area contributed by atoms with Crippen LogP contribution in [0.3, 0.4) is 0 Å². The average Bonchev–Trinajstić information content (AvgIpc) is 4.15. The molecule has 0 aliphatic carbocycles. The Morgan fingerprint density at radius 2 is 1.36 bits per heavy atom. The smallest absolute Gasteiger partial charge is 0.397 e. The summed E-state index contributed by atoms with van der Waals surface area (Å²) in [7, 11) is 0. The highest BCUT2D eigenvalue weighted by Gasteiger charge is 2.28. The van der Waals surface area contributed by atoms with E-state index in [9.17, 15) is 28.8 Å². The van der Waals surface area contributed by atoms with Gasteiger partial charge < -0.3 is 29.2 Å². The lowest BCUT2D eigenvalue weighted by molar-refractivity contribution is -0.161. The molecule has 0 unspecified atom stereocenters. The fourth-order valence-electron chi connectivity index (χ4n) is 8.45. The Bertz CT molecular complexity index is 3320. The molecule has 20 nitrogen and oxygen atoms in total. The number of carbonyl (C=O) groups excluding carboxylic acids is 6. The number of amides is 4. The van der Waals surface area contributed by atoms with Crippen molar-refractivity contribution in [3.63, 3.8) is 0 Å². The predicted molar refractivity (Wildman–Crippen MR) is 267 cm³/mol. The molecule has 0 atom stereocenters. The number of benzene rings is 3. The minimum Gasteiger partial charge on any atom is -0.479 e. The summed E-state index contributed by atoms with van der Waals surface area (Å²) >= 11 is 0. The first kappa shape index (κ1) is 49.6. The first-order valence-corrected chi connectivity index (χ1v) is 23.5. The number of rotatable bonds is 16. The van der Waals surface area contributed by atoms with Crippen LogP contribution in [0, 0.1) is 31.6 Å². The molecule has 1 saturated heterocycles. The number of nitrogens with two attached hydrogens (primary N) is 1. The Morgan fingerprint density at radius 3 is 1.97 bits per heavy atom. The maximum atomic E-state index is 13.9. The third-order valence-corrected chi connectivity index (χ3v) is 12.1. The van der Waals surface area contributed by atoms with Crippen LogP contribution in [0.15, 0.2) is 84.9 Å². The molecule has 0 saturated carbocycles. The lowest BCUT2D eigenvalue weighted by Crippen LogP contribution is -2.42. The zero-order chi connectivity index (χ0) is 51.1. The quantitative estimate of drug-likeness (QED) is 0.0339. The lowest BCUT2D eigenvalue weighted by atomic mass is 9.97.